The Morgan fingerprint density at radius 2 is 1.89 bits per heavy atom. The SMILES string of the molecule is Cc1cccc(C(C)Nc2cccc(Cl)c2F)c1. The van der Waals surface area contributed by atoms with Crippen molar-refractivity contribution in [2.24, 2.45) is 0 Å². The van der Waals surface area contributed by atoms with Crippen molar-refractivity contribution in [1.82, 2.24) is 0 Å². The van der Waals surface area contributed by atoms with Gasteiger partial charge >= 0.3 is 0 Å². The quantitative estimate of drug-likeness (QED) is 0.825. The number of rotatable bonds is 3. The Labute approximate surface area is 112 Å². The van der Waals surface area contributed by atoms with Crippen molar-refractivity contribution in [3.8, 4) is 0 Å². The molecule has 0 spiro atoms. The number of hydrogen-bond acceptors (Lipinski definition) is 1. The van der Waals surface area contributed by atoms with Crippen LogP contribution in [0.4, 0.5) is 10.1 Å². The number of halogens is 2. The van der Waals surface area contributed by atoms with Crippen LogP contribution in [0, 0.1) is 12.7 Å². The van der Waals surface area contributed by atoms with Gasteiger partial charge in [-0.15, -0.1) is 0 Å². The minimum Gasteiger partial charge on any atom is -0.376 e. The first-order valence-electron chi connectivity index (χ1n) is 5.85. The molecule has 0 bridgehead atoms. The summed E-state index contributed by atoms with van der Waals surface area (Å²) in [6.45, 7) is 4.03. The van der Waals surface area contributed by atoms with Gasteiger partial charge in [0.25, 0.3) is 0 Å². The molecule has 0 aliphatic rings. The summed E-state index contributed by atoms with van der Waals surface area (Å²) in [6, 6.07) is 13.1. The summed E-state index contributed by atoms with van der Waals surface area (Å²) >= 11 is 5.75. The van der Waals surface area contributed by atoms with Crippen LogP contribution in [0.5, 0.6) is 0 Å². The standard InChI is InChI=1S/C15H15ClFN/c1-10-5-3-6-12(9-10)11(2)18-14-8-4-7-13(16)15(14)17/h3-9,11,18H,1-2H3. The predicted molar refractivity (Wildman–Crippen MR) is 74.6 cm³/mol. The molecule has 0 amide bonds. The molecule has 0 fully saturated rings. The number of anilines is 1. The molecule has 1 nitrogen and oxygen atoms in total. The molecular formula is C15H15ClFN. The maximum Gasteiger partial charge on any atom is 0.164 e. The second kappa shape index (κ2) is 5.40. The van der Waals surface area contributed by atoms with E-state index in [2.05, 4.69) is 11.4 Å². The van der Waals surface area contributed by atoms with Crippen LogP contribution in [0.25, 0.3) is 0 Å². The Balaban J connectivity index is 2.21. The fourth-order valence-electron chi connectivity index (χ4n) is 1.87. The van der Waals surface area contributed by atoms with E-state index < -0.39 is 5.82 Å². The lowest BCUT2D eigenvalue weighted by atomic mass is 10.1. The summed E-state index contributed by atoms with van der Waals surface area (Å²) in [5, 5.41) is 3.27. The highest BCUT2D eigenvalue weighted by molar-refractivity contribution is 6.31. The van der Waals surface area contributed by atoms with Gasteiger partial charge in [0.15, 0.2) is 5.82 Å². The van der Waals surface area contributed by atoms with Crippen molar-refractivity contribution in [1.29, 1.82) is 0 Å². The fourth-order valence-corrected chi connectivity index (χ4v) is 2.05. The smallest absolute Gasteiger partial charge is 0.164 e. The maximum absolute atomic E-state index is 13.8. The van der Waals surface area contributed by atoms with Gasteiger partial charge in [-0.3, -0.25) is 0 Å². The van der Waals surface area contributed by atoms with Crippen LogP contribution in [0.1, 0.15) is 24.1 Å². The van der Waals surface area contributed by atoms with Gasteiger partial charge in [-0.1, -0.05) is 47.5 Å². The third-order valence-electron chi connectivity index (χ3n) is 2.87. The molecule has 1 N–H and O–H groups in total. The maximum atomic E-state index is 13.8. The van der Waals surface area contributed by atoms with Gasteiger partial charge in [-0.25, -0.2) is 4.39 Å². The third-order valence-corrected chi connectivity index (χ3v) is 3.16. The third kappa shape index (κ3) is 2.82. The first-order valence-corrected chi connectivity index (χ1v) is 6.23. The summed E-state index contributed by atoms with van der Waals surface area (Å²) in [4.78, 5) is 0. The summed E-state index contributed by atoms with van der Waals surface area (Å²) < 4.78 is 13.8. The molecule has 0 radical (unpaired) electrons. The molecule has 0 saturated heterocycles. The van der Waals surface area contributed by atoms with Crippen LogP contribution >= 0.6 is 11.6 Å². The van der Waals surface area contributed by atoms with E-state index >= 15 is 0 Å². The molecule has 2 rings (SSSR count). The Morgan fingerprint density at radius 3 is 2.61 bits per heavy atom. The average molecular weight is 264 g/mol. The molecule has 0 aliphatic heterocycles. The Hall–Kier alpha value is -1.54. The molecule has 0 aliphatic carbocycles. The van der Waals surface area contributed by atoms with Crippen molar-refractivity contribution >= 4 is 17.3 Å². The zero-order valence-corrected chi connectivity index (χ0v) is 11.1. The summed E-state index contributed by atoms with van der Waals surface area (Å²) in [5.74, 6) is -0.404. The lowest BCUT2D eigenvalue weighted by molar-refractivity contribution is 0.628. The molecule has 3 heteroatoms. The van der Waals surface area contributed by atoms with Gasteiger partial charge < -0.3 is 5.32 Å². The van der Waals surface area contributed by atoms with Crippen molar-refractivity contribution in [2.75, 3.05) is 5.32 Å². The molecule has 0 aromatic heterocycles. The van der Waals surface area contributed by atoms with Crippen LogP contribution in [0.3, 0.4) is 0 Å². The molecule has 2 aromatic carbocycles. The Morgan fingerprint density at radius 1 is 1.17 bits per heavy atom. The zero-order valence-electron chi connectivity index (χ0n) is 10.4. The van der Waals surface area contributed by atoms with E-state index in [1.165, 1.54) is 5.56 Å². The normalized spacial score (nSPS) is 12.2. The van der Waals surface area contributed by atoms with E-state index in [0.717, 1.165) is 5.56 Å². The molecule has 0 heterocycles. The topological polar surface area (TPSA) is 12.0 Å². The number of aryl methyl sites for hydroxylation is 1. The van der Waals surface area contributed by atoms with Gasteiger partial charge in [0.05, 0.1) is 10.7 Å². The van der Waals surface area contributed by atoms with Gasteiger partial charge in [0.2, 0.25) is 0 Å². The fraction of sp³-hybridized carbons (Fsp3) is 0.200. The molecular weight excluding hydrogens is 249 g/mol. The molecule has 2 aromatic rings. The second-order valence-electron chi connectivity index (χ2n) is 4.38. The minimum atomic E-state index is -0.404. The highest BCUT2D eigenvalue weighted by Gasteiger charge is 2.10. The lowest BCUT2D eigenvalue weighted by Crippen LogP contribution is -2.08. The second-order valence-corrected chi connectivity index (χ2v) is 4.79. The van der Waals surface area contributed by atoms with E-state index in [1.807, 2.05) is 32.0 Å². The van der Waals surface area contributed by atoms with Crippen molar-refractivity contribution in [3.05, 3.63) is 64.4 Å². The van der Waals surface area contributed by atoms with E-state index in [1.54, 1.807) is 18.2 Å². The Bertz CT molecular complexity index is 554. The van der Waals surface area contributed by atoms with Gasteiger partial charge in [-0.05, 0) is 31.5 Å². The van der Waals surface area contributed by atoms with Crippen molar-refractivity contribution in [3.63, 3.8) is 0 Å². The molecule has 1 atom stereocenters. The first kappa shape index (κ1) is 12.9. The minimum absolute atomic E-state index is 0.0258. The summed E-state index contributed by atoms with van der Waals surface area (Å²) in [6.07, 6.45) is 0. The van der Waals surface area contributed by atoms with Crippen LogP contribution in [0.15, 0.2) is 42.5 Å². The highest BCUT2D eigenvalue weighted by Crippen LogP contribution is 2.26. The predicted octanol–water partition coefficient (Wildman–Crippen LogP) is 4.96. The van der Waals surface area contributed by atoms with Gasteiger partial charge in [0, 0.05) is 6.04 Å². The summed E-state index contributed by atoms with van der Waals surface area (Å²) in [5.41, 5.74) is 2.73. The molecule has 0 saturated carbocycles. The van der Waals surface area contributed by atoms with Gasteiger partial charge in [0.1, 0.15) is 0 Å². The number of benzene rings is 2. The lowest BCUT2D eigenvalue weighted by Gasteiger charge is -2.17. The monoisotopic (exact) mass is 263 g/mol. The van der Waals surface area contributed by atoms with E-state index in [9.17, 15) is 4.39 Å². The average Bonchev–Trinajstić information content (AvgIpc) is 2.35. The van der Waals surface area contributed by atoms with Crippen molar-refractivity contribution < 1.29 is 4.39 Å². The van der Waals surface area contributed by atoms with Crippen LogP contribution < -0.4 is 5.32 Å². The first-order chi connectivity index (χ1) is 8.58. The van der Waals surface area contributed by atoms with E-state index in [0.29, 0.717) is 5.69 Å². The van der Waals surface area contributed by atoms with Crippen LogP contribution in [0.2, 0.25) is 5.02 Å². The highest BCUT2D eigenvalue weighted by atomic mass is 35.5. The van der Waals surface area contributed by atoms with Crippen LogP contribution in [-0.4, -0.2) is 0 Å². The van der Waals surface area contributed by atoms with E-state index in [4.69, 9.17) is 11.6 Å². The van der Waals surface area contributed by atoms with E-state index in [-0.39, 0.29) is 11.1 Å². The summed E-state index contributed by atoms with van der Waals surface area (Å²) in [7, 11) is 0. The van der Waals surface area contributed by atoms with Crippen molar-refractivity contribution in [2.45, 2.75) is 19.9 Å². The number of hydrogen-bond donors (Lipinski definition) is 1. The number of nitrogens with one attached hydrogen (secondary N) is 1. The van der Waals surface area contributed by atoms with Crippen LogP contribution in [-0.2, 0) is 0 Å². The molecule has 18 heavy (non-hydrogen) atoms. The molecule has 1 unspecified atom stereocenters. The van der Waals surface area contributed by atoms with Gasteiger partial charge in [-0.2, -0.15) is 0 Å². The molecule has 94 valence electrons. The largest absolute Gasteiger partial charge is 0.376 e. The zero-order chi connectivity index (χ0) is 13.1. The Kier molecular flexibility index (Phi) is 3.87.